The lowest BCUT2D eigenvalue weighted by molar-refractivity contribution is 0.109. The molecule has 0 aromatic heterocycles. The van der Waals surface area contributed by atoms with Gasteiger partial charge in [0.05, 0.1) is 5.69 Å². The lowest BCUT2D eigenvalue weighted by Crippen LogP contribution is -2.21. The monoisotopic (exact) mass is 378 g/mol. The molecule has 1 heterocycles. The summed E-state index contributed by atoms with van der Waals surface area (Å²) in [7, 11) is -4.10. The number of carbonyl (C=O) groups is 1. The van der Waals surface area contributed by atoms with E-state index in [1.54, 1.807) is 30.3 Å². The smallest absolute Gasteiger partial charge is 0.241 e. The Morgan fingerprint density at radius 2 is 1.76 bits per heavy atom. The van der Waals surface area contributed by atoms with Gasteiger partial charge in [0, 0.05) is 18.7 Å². The maximum Gasteiger partial charge on any atom is 0.241 e. The first-order valence-corrected chi connectivity index (χ1v) is 9.77. The van der Waals surface area contributed by atoms with Crippen LogP contribution in [0.25, 0.3) is 0 Å². The summed E-state index contributed by atoms with van der Waals surface area (Å²) in [5.74, 6) is 0.617. The molecule has 0 amide bonds. The topological polar surface area (TPSA) is 89.7 Å². The highest BCUT2D eigenvalue weighted by molar-refractivity contribution is 7.97. The van der Waals surface area contributed by atoms with Gasteiger partial charge in [-0.1, -0.05) is 18.2 Å². The van der Waals surface area contributed by atoms with Gasteiger partial charge in [0.1, 0.15) is 10.6 Å². The van der Waals surface area contributed by atoms with Crippen LogP contribution in [-0.4, -0.2) is 26.6 Å². The van der Waals surface area contributed by atoms with Crippen molar-refractivity contribution in [3.63, 3.8) is 0 Å². The minimum absolute atomic E-state index is 0.133. The zero-order chi connectivity index (χ0) is 18.0. The molecule has 0 aliphatic carbocycles. The fraction of sp³-hybridized carbons (Fsp3) is 0.235. The van der Waals surface area contributed by atoms with E-state index < -0.39 is 15.1 Å². The van der Waals surface area contributed by atoms with Crippen LogP contribution in [0.5, 0.6) is 11.5 Å². The van der Waals surface area contributed by atoms with Gasteiger partial charge >= 0.3 is 0 Å². The van der Waals surface area contributed by atoms with E-state index in [0.717, 1.165) is 25.9 Å². The van der Waals surface area contributed by atoms with Crippen molar-refractivity contribution >= 4 is 33.5 Å². The van der Waals surface area contributed by atoms with E-state index in [4.69, 9.17) is 9.88 Å². The number of carbonyl (C=O) groups excluding carboxylic acids is 1. The zero-order valence-electron chi connectivity index (χ0n) is 13.4. The molecule has 1 saturated heterocycles. The van der Waals surface area contributed by atoms with E-state index in [0.29, 0.717) is 11.4 Å². The molecule has 1 aliphatic heterocycles. The molecule has 0 atom stereocenters. The highest BCUT2D eigenvalue weighted by Crippen LogP contribution is 2.40. The van der Waals surface area contributed by atoms with Crippen molar-refractivity contribution in [2.75, 3.05) is 18.0 Å². The van der Waals surface area contributed by atoms with E-state index >= 15 is 0 Å². The lowest BCUT2D eigenvalue weighted by atomic mass is 10.1. The third kappa shape index (κ3) is 3.97. The Hall–Kier alpha value is -2.03. The number of anilines is 1. The number of thiol groups is 1. The zero-order valence-corrected chi connectivity index (χ0v) is 15.1. The molecule has 1 fully saturated rings. The van der Waals surface area contributed by atoms with Gasteiger partial charge in [-0.2, -0.15) is 0 Å². The summed E-state index contributed by atoms with van der Waals surface area (Å²) in [5, 5.41) is 4.85. The van der Waals surface area contributed by atoms with Gasteiger partial charge in [0.25, 0.3) is 0 Å². The maximum atomic E-state index is 12.1. The molecule has 0 unspecified atom stereocenters. The summed E-state index contributed by atoms with van der Waals surface area (Å²) < 4.78 is 30.1. The van der Waals surface area contributed by atoms with E-state index in [1.165, 1.54) is 6.07 Å². The Morgan fingerprint density at radius 1 is 1.12 bits per heavy atom. The van der Waals surface area contributed by atoms with Crippen molar-refractivity contribution in [3.05, 3.63) is 48.0 Å². The predicted molar refractivity (Wildman–Crippen MR) is 99.1 cm³/mol. The van der Waals surface area contributed by atoms with E-state index in [9.17, 15) is 13.2 Å². The average molecular weight is 378 g/mol. The lowest BCUT2D eigenvalue weighted by Gasteiger charge is -2.23. The Labute approximate surface area is 152 Å². The van der Waals surface area contributed by atoms with Crippen molar-refractivity contribution < 1.29 is 17.9 Å². The minimum atomic E-state index is -4.10. The van der Waals surface area contributed by atoms with Crippen LogP contribution < -0.4 is 14.8 Å². The van der Waals surface area contributed by atoms with E-state index in [1.807, 2.05) is 11.0 Å². The number of nitrogens with zero attached hydrogens (tertiary/aromatic N) is 1. The minimum Gasteiger partial charge on any atom is -0.454 e. The highest BCUT2D eigenvalue weighted by atomic mass is 32.2. The molecule has 0 bridgehead atoms. The SMILES string of the molecule is NS(=O)(=O)c1cc(C(=O)S)cc(N2CCCC2)c1Oc1ccccc1. The normalized spacial score (nSPS) is 14.6. The van der Waals surface area contributed by atoms with Crippen molar-refractivity contribution in [3.8, 4) is 11.5 Å². The van der Waals surface area contributed by atoms with Gasteiger partial charge in [0.2, 0.25) is 15.1 Å². The summed E-state index contributed by atoms with van der Waals surface area (Å²) in [6.45, 7) is 1.50. The Bertz CT molecular complexity index is 892. The molecule has 0 spiro atoms. The van der Waals surface area contributed by atoms with Crippen LogP contribution in [0.2, 0.25) is 0 Å². The van der Waals surface area contributed by atoms with Crippen LogP contribution in [-0.2, 0) is 10.0 Å². The largest absolute Gasteiger partial charge is 0.454 e. The number of primary sulfonamides is 1. The van der Waals surface area contributed by atoms with Gasteiger partial charge in [-0.15, -0.1) is 12.6 Å². The van der Waals surface area contributed by atoms with Crippen LogP contribution in [0.1, 0.15) is 23.2 Å². The number of para-hydroxylation sites is 1. The number of rotatable bonds is 5. The molecule has 6 nitrogen and oxygen atoms in total. The molecule has 2 aromatic rings. The Balaban J connectivity index is 2.22. The van der Waals surface area contributed by atoms with Gasteiger partial charge in [-0.25, -0.2) is 13.6 Å². The number of benzene rings is 2. The second-order valence-corrected chi connectivity index (χ2v) is 7.72. The number of nitrogens with two attached hydrogens (primary N) is 1. The maximum absolute atomic E-state index is 12.1. The van der Waals surface area contributed by atoms with E-state index in [-0.39, 0.29) is 16.2 Å². The first kappa shape index (κ1) is 17.8. The second-order valence-electron chi connectivity index (χ2n) is 5.78. The number of hydrogen-bond acceptors (Lipinski definition) is 5. The molecular weight excluding hydrogens is 360 g/mol. The number of hydrogen-bond donors (Lipinski definition) is 2. The predicted octanol–water partition coefficient (Wildman–Crippen LogP) is 2.80. The quantitative estimate of drug-likeness (QED) is 0.781. The summed E-state index contributed by atoms with van der Waals surface area (Å²) >= 11 is 3.82. The summed E-state index contributed by atoms with van der Waals surface area (Å²) in [4.78, 5) is 13.5. The van der Waals surface area contributed by atoms with Crippen molar-refractivity contribution in [2.24, 2.45) is 5.14 Å². The Morgan fingerprint density at radius 3 is 2.32 bits per heavy atom. The summed E-state index contributed by atoms with van der Waals surface area (Å²) in [5.41, 5.74) is 0.694. The third-order valence-electron chi connectivity index (χ3n) is 4.00. The van der Waals surface area contributed by atoms with Gasteiger partial charge in [-0.3, -0.25) is 4.79 Å². The summed E-state index contributed by atoms with van der Waals surface area (Å²) in [6, 6.07) is 11.7. The standard InChI is InChI=1S/C17H18N2O4S2/c18-25(21,22)15-11-12(17(20)24)10-14(19-8-4-5-9-19)16(15)23-13-6-2-1-3-7-13/h1-3,6-7,10-11H,4-5,8-9H2,(H,20,24)(H2,18,21,22). The number of ether oxygens (including phenoxy) is 1. The molecule has 132 valence electrons. The van der Waals surface area contributed by atoms with Crippen molar-refractivity contribution in [2.45, 2.75) is 17.7 Å². The average Bonchev–Trinajstić information content (AvgIpc) is 3.09. The molecule has 25 heavy (non-hydrogen) atoms. The Kier molecular flexibility index (Phi) is 5.03. The van der Waals surface area contributed by atoms with Gasteiger partial charge in [0.15, 0.2) is 5.75 Å². The second kappa shape index (κ2) is 7.07. The van der Waals surface area contributed by atoms with Crippen LogP contribution >= 0.6 is 12.6 Å². The summed E-state index contributed by atoms with van der Waals surface area (Å²) in [6.07, 6.45) is 1.96. The molecule has 1 aliphatic rings. The molecular formula is C17H18N2O4S2. The molecule has 2 aromatic carbocycles. The van der Waals surface area contributed by atoms with E-state index in [2.05, 4.69) is 12.6 Å². The molecule has 0 radical (unpaired) electrons. The number of sulfonamides is 1. The van der Waals surface area contributed by atoms with Crippen LogP contribution in [0.15, 0.2) is 47.4 Å². The fourth-order valence-electron chi connectivity index (χ4n) is 2.82. The fourth-order valence-corrected chi connectivity index (χ4v) is 3.65. The van der Waals surface area contributed by atoms with Crippen molar-refractivity contribution in [1.29, 1.82) is 0 Å². The first-order valence-electron chi connectivity index (χ1n) is 7.78. The van der Waals surface area contributed by atoms with Crippen LogP contribution in [0, 0.1) is 0 Å². The third-order valence-corrected chi connectivity index (χ3v) is 5.17. The van der Waals surface area contributed by atoms with Gasteiger partial charge < -0.3 is 9.64 Å². The molecule has 0 saturated carbocycles. The van der Waals surface area contributed by atoms with Gasteiger partial charge in [-0.05, 0) is 37.1 Å². The van der Waals surface area contributed by atoms with Crippen molar-refractivity contribution in [1.82, 2.24) is 0 Å². The van der Waals surface area contributed by atoms with Crippen LogP contribution in [0.3, 0.4) is 0 Å². The molecule has 3 rings (SSSR count). The molecule has 2 N–H and O–H groups in total. The first-order chi connectivity index (χ1) is 11.9. The van der Waals surface area contributed by atoms with Crippen LogP contribution in [0.4, 0.5) is 5.69 Å². The molecule has 8 heteroatoms. The highest BCUT2D eigenvalue weighted by Gasteiger charge is 2.26.